The van der Waals surface area contributed by atoms with E-state index < -0.39 is 0 Å². The first-order valence-electron chi connectivity index (χ1n) is 6.88. The summed E-state index contributed by atoms with van der Waals surface area (Å²) in [5, 5.41) is 3.39. The topological polar surface area (TPSA) is 37.8 Å². The van der Waals surface area contributed by atoms with E-state index >= 15 is 0 Å². The van der Waals surface area contributed by atoms with Gasteiger partial charge in [-0.2, -0.15) is 0 Å². The summed E-state index contributed by atoms with van der Waals surface area (Å²) >= 11 is 1.77. The van der Waals surface area contributed by atoms with Crippen molar-refractivity contribution in [3.05, 3.63) is 53.6 Å². The highest BCUT2D eigenvalue weighted by molar-refractivity contribution is 7.98. The second-order valence-electron chi connectivity index (χ2n) is 5.05. The summed E-state index contributed by atoms with van der Waals surface area (Å²) in [7, 11) is 0. The number of thioether (sulfide) groups is 1. The second-order valence-corrected chi connectivity index (χ2v) is 6.10. The third-order valence-corrected chi connectivity index (χ3v) is 3.76. The molecule has 0 radical (unpaired) electrons. The summed E-state index contributed by atoms with van der Waals surface area (Å²) in [6.07, 6.45) is 0. The molecule has 2 rings (SSSR count). The van der Waals surface area contributed by atoms with Gasteiger partial charge in [0.15, 0.2) is 0 Å². The van der Waals surface area contributed by atoms with Crippen LogP contribution in [0.25, 0.3) is 0 Å². The first-order valence-corrected chi connectivity index (χ1v) is 7.86. The molecule has 1 aromatic carbocycles. The predicted molar refractivity (Wildman–Crippen MR) is 84.7 cm³/mol. The molecule has 0 unspecified atom stereocenters. The maximum atomic E-state index is 4.63. The van der Waals surface area contributed by atoms with E-state index in [-0.39, 0.29) is 0 Å². The Labute approximate surface area is 125 Å². The molecule has 0 aliphatic carbocycles. The fraction of sp³-hybridized carbons (Fsp3) is 0.375. The summed E-state index contributed by atoms with van der Waals surface area (Å²) in [5.74, 6) is 1.71. The monoisotopic (exact) mass is 287 g/mol. The van der Waals surface area contributed by atoms with Crippen LogP contribution in [0.1, 0.15) is 31.1 Å². The molecule has 0 saturated heterocycles. The quantitative estimate of drug-likeness (QED) is 0.824. The Hall–Kier alpha value is -1.39. The largest absolute Gasteiger partial charge is 0.309 e. The zero-order valence-corrected chi connectivity index (χ0v) is 13.1. The average molecular weight is 287 g/mol. The highest BCUT2D eigenvalue weighted by Gasteiger charge is 2.04. The number of aromatic nitrogens is 2. The maximum absolute atomic E-state index is 4.63. The Morgan fingerprint density at radius 3 is 2.60 bits per heavy atom. The number of hydrogen-bond acceptors (Lipinski definition) is 4. The molecule has 0 saturated carbocycles. The summed E-state index contributed by atoms with van der Waals surface area (Å²) in [4.78, 5) is 10.4. The van der Waals surface area contributed by atoms with Gasteiger partial charge < -0.3 is 5.32 Å². The van der Waals surface area contributed by atoms with Crippen molar-refractivity contribution in [3.8, 4) is 0 Å². The lowest BCUT2D eigenvalue weighted by Gasteiger charge is -2.09. The fourth-order valence-electron chi connectivity index (χ4n) is 1.83. The van der Waals surface area contributed by atoms with Crippen LogP contribution < -0.4 is 5.32 Å². The van der Waals surface area contributed by atoms with Crippen LogP contribution in [0.3, 0.4) is 0 Å². The Morgan fingerprint density at radius 2 is 1.90 bits per heavy atom. The lowest BCUT2D eigenvalue weighted by molar-refractivity contribution is 0.579. The highest BCUT2D eigenvalue weighted by atomic mass is 32.2. The summed E-state index contributed by atoms with van der Waals surface area (Å²) in [6.45, 7) is 7.10. The van der Waals surface area contributed by atoms with Crippen LogP contribution in [0, 0.1) is 6.92 Å². The van der Waals surface area contributed by atoms with Crippen LogP contribution in [0.2, 0.25) is 0 Å². The van der Waals surface area contributed by atoms with E-state index in [9.17, 15) is 0 Å². The number of nitrogens with one attached hydrogen (secondary N) is 1. The molecule has 106 valence electrons. The average Bonchev–Trinajstić information content (AvgIpc) is 2.44. The minimum atomic E-state index is 0.465. The third-order valence-electron chi connectivity index (χ3n) is 2.76. The molecule has 1 N–H and O–H groups in total. The number of hydrogen-bond donors (Lipinski definition) is 1. The number of rotatable bonds is 6. The Kier molecular flexibility index (Phi) is 5.56. The summed E-state index contributed by atoms with van der Waals surface area (Å²) < 4.78 is 0. The van der Waals surface area contributed by atoms with E-state index in [1.54, 1.807) is 11.8 Å². The molecule has 0 aliphatic heterocycles. The van der Waals surface area contributed by atoms with Gasteiger partial charge in [-0.3, -0.25) is 0 Å². The van der Waals surface area contributed by atoms with Crippen LogP contribution in [0.15, 0.2) is 41.3 Å². The minimum absolute atomic E-state index is 0.465. The Balaban J connectivity index is 2.00. The molecule has 0 atom stereocenters. The van der Waals surface area contributed by atoms with Crippen molar-refractivity contribution in [2.24, 2.45) is 0 Å². The Morgan fingerprint density at radius 1 is 1.15 bits per heavy atom. The van der Waals surface area contributed by atoms with E-state index in [0.717, 1.165) is 29.5 Å². The highest BCUT2D eigenvalue weighted by Crippen LogP contribution is 2.20. The molecule has 3 nitrogen and oxygen atoms in total. The molecule has 2 aromatic rings. The molecule has 4 heteroatoms. The summed E-state index contributed by atoms with van der Waals surface area (Å²) in [5.41, 5.74) is 2.10. The van der Waals surface area contributed by atoms with Gasteiger partial charge in [-0.05, 0) is 25.1 Å². The standard InChI is InChI=1S/C16H21N3S/c1-12(2)17-10-14-9-13(3)18-16(19-14)11-20-15-7-5-4-6-8-15/h4-9,12,17H,10-11H2,1-3H3. The third kappa shape index (κ3) is 4.94. The van der Waals surface area contributed by atoms with Gasteiger partial charge >= 0.3 is 0 Å². The first-order chi connectivity index (χ1) is 9.63. The van der Waals surface area contributed by atoms with Gasteiger partial charge in [0, 0.05) is 23.2 Å². The zero-order valence-electron chi connectivity index (χ0n) is 12.3. The van der Waals surface area contributed by atoms with Gasteiger partial charge in [-0.25, -0.2) is 9.97 Å². The molecule has 20 heavy (non-hydrogen) atoms. The van der Waals surface area contributed by atoms with Crippen LogP contribution in [-0.2, 0) is 12.3 Å². The van der Waals surface area contributed by atoms with Gasteiger partial charge in [-0.15, -0.1) is 11.8 Å². The van der Waals surface area contributed by atoms with E-state index in [1.807, 2.05) is 19.1 Å². The zero-order chi connectivity index (χ0) is 14.4. The normalized spacial score (nSPS) is 11.0. The molecule has 0 bridgehead atoms. The molecule has 0 amide bonds. The van der Waals surface area contributed by atoms with Gasteiger partial charge in [0.1, 0.15) is 5.82 Å². The lowest BCUT2D eigenvalue weighted by atomic mass is 10.3. The van der Waals surface area contributed by atoms with Crippen molar-refractivity contribution in [1.29, 1.82) is 0 Å². The van der Waals surface area contributed by atoms with Crippen LogP contribution in [0.5, 0.6) is 0 Å². The van der Waals surface area contributed by atoms with E-state index in [1.165, 1.54) is 4.90 Å². The molecule has 1 aromatic heterocycles. The predicted octanol–water partition coefficient (Wildman–Crippen LogP) is 3.58. The van der Waals surface area contributed by atoms with Gasteiger partial charge in [0.2, 0.25) is 0 Å². The lowest BCUT2D eigenvalue weighted by Crippen LogP contribution is -2.22. The summed E-state index contributed by atoms with van der Waals surface area (Å²) in [6, 6.07) is 12.9. The number of aryl methyl sites for hydroxylation is 1. The van der Waals surface area contributed by atoms with Crippen molar-refractivity contribution in [1.82, 2.24) is 15.3 Å². The fourth-order valence-corrected chi connectivity index (χ4v) is 2.60. The molecule has 0 fully saturated rings. The first kappa shape index (κ1) is 15.0. The van der Waals surface area contributed by atoms with Crippen LogP contribution in [-0.4, -0.2) is 16.0 Å². The molecule has 0 aliphatic rings. The molecule has 0 spiro atoms. The van der Waals surface area contributed by atoms with Crippen molar-refractivity contribution in [2.75, 3.05) is 0 Å². The SMILES string of the molecule is Cc1cc(CNC(C)C)nc(CSc2ccccc2)n1. The van der Waals surface area contributed by atoms with Crippen molar-refractivity contribution in [3.63, 3.8) is 0 Å². The molecule has 1 heterocycles. The van der Waals surface area contributed by atoms with Crippen LogP contribution in [0.4, 0.5) is 0 Å². The van der Waals surface area contributed by atoms with E-state index in [0.29, 0.717) is 6.04 Å². The van der Waals surface area contributed by atoms with Crippen molar-refractivity contribution in [2.45, 2.75) is 44.0 Å². The van der Waals surface area contributed by atoms with Crippen molar-refractivity contribution < 1.29 is 0 Å². The second kappa shape index (κ2) is 7.41. The molecular formula is C16H21N3S. The number of nitrogens with zero attached hydrogens (tertiary/aromatic N) is 2. The Bertz CT molecular complexity index is 541. The number of benzene rings is 1. The van der Waals surface area contributed by atoms with E-state index in [4.69, 9.17) is 0 Å². The minimum Gasteiger partial charge on any atom is -0.309 e. The van der Waals surface area contributed by atoms with E-state index in [2.05, 4.69) is 53.4 Å². The van der Waals surface area contributed by atoms with Gasteiger partial charge in [0.25, 0.3) is 0 Å². The van der Waals surface area contributed by atoms with Crippen molar-refractivity contribution >= 4 is 11.8 Å². The molecular weight excluding hydrogens is 266 g/mol. The maximum Gasteiger partial charge on any atom is 0.139 e. The smallest absolute Gasteiger partial charge is 0.139 e. The van der Waals surface area contributed by atoms with Gasteiger partial charge in [0.05, 0.1) is 11.4 Å². The van der Waals surface area contributed by atoms with Crippen LogP contribution >= 0.6 is 11.8 Å². The van der Waals surface area contributed by atoms with Gasteiger partial charge in [-0.1, -0.05) is 32.0 Å².